The van der Waals surface area contributed by atoms with E-state index < -0.39 is 0 Å². The number of rotatable bonds is 4. The summed E-state index contributed by atoms with van der Waals surface area (Å²) >= 11 is 11.9. The summed E-state index contributed by atoms with van der Waals surface area (Å²) in [4.78, 5) is 0. The molecule has 0 heterocycles. The molecule has 14 heavy (non-hydrogen) atoms. The van der Waals surface area contributed by atoms with Gasteiger partial charge in [0.2, 0.25) is 0 Å². The van der Waals surface area contributed by atoms with Crippen LogP contribution in [-0.2, 0) is 13.0 Å². The molecule has 0 amide bonds. The number of benzene rings is 1. The number of aliphatic hydroxyl groups excluding tert-OH is 1. The van der Waals surface area contributed by atoms with Crippen molar-refractivity contribution in [2.75, 3.05) is 0 Å². The number of aryl methyl sites for hydroxylation is 1. The van der Waals surface area contributed by atoms with Crippen molar-refractivity contribution in [3.05, 3.63) is 33.3 Å². The second kappa shape index (κ2) is 5.59. The van der Waals surface area contributed by atoms with E-state index in [1.807, 2.05) is 12.1 Å². The monoisotopic (exact) mass is 232 g/mol. The van der Waals surface area contributed by atoms with E-state index >= 15 is 0 Å². The van der Waals surface area contributed by atoms with E-state index in [4.69, 9.17) is 28.3 Å². The Bertz CT molecular complexity index is 287. The SMILES string of the molecule is CCCCc1cc(Cl)c(CO)c(Cl)c1. The molecule has 0 aromatic heterocycles. The predicted octanol–water partition coefficient (Wildman–Crippen LogP) is 3.83. The van der Waals surface area contributed by atoms with Gasteiger partial charge in [-0.25, -0.2) is 0 Å². The van der Waals surface area contributed by atoms with Crippen molar-refractivity contribution in [2.45, 2.75) is 32.8 Å². The molecule has 0 bridgehead atoms. The Morgan fingerprint density at radius 2 is 1.79 bits per heavy atom. The smallest absolute Gasteiger partial charge is 0.0711 e. The molecule has 0 saturated carbocycles. The zero-order valence-corrected chi connectivity index (χ0v) is 9.70. The minimum Gasteiger partial charge on any atom is -0.392 e. The van der Waals surface area contributed by atoms with Crippen LogP contribution in [0.5, 0.6) is 0 Å². The molecule has 0 unspecified atom stereocenters. The maximum atomic E-state index is 9.00. The van der Waals surface area contributed by atoms with Gasteiger partial charge in [0.1, 0.15) is 0 Å². The summed E-state index contributed by atoms with van der Waals surface area (Å²) < 4.78 is 0. The number of aliphatic hydroxyl groups is 1. The van der Waals surface area contributed by atoms with Crippen LogP contribution in [0.4, 0.5) is 0 Å². The molecule has 3 heteroatoms. The average molecular weight is 233 g/mol. The highest BCUT2D eigenvalue weighted by molar-refractivity contribution is 6.36. The number of unbranched alkanes of at least 4 members (excludes halogenated alkanes) is 1. The molecule has 0 aliphatic carbocycles. The predicted molar refractivity (Wildman–Crippen MR) is 61.0 cm³/mol. The van der Waals surface area contributed by atoms with E-state index in [1.54, 1.807) is 0 Å². The fraction of sp³-hybridized carbons (Fsp3) is 0.455. The molecular formula is C11H14Cl2O. The second-order valence-electron chi connectivity index (χ2n) is 3.30. The lowest BCUT2D eigenvalue weighted by atomic mass is 10.1. The minimum absolute atomic E-state index is 0.105. The Morgan fingerprint density at radius 1 is 1.21 bits per heavy atom. The fourth-order valence-electron chi connectivity index (χ4n) is 1.33. The molecule has 0 spiro atoms. The number of hydrogen-bond donors (Lipinski definition) is 1. The van der Waals surface area contributed by atoms with Gasteiger partial charge >= 0.3 is 0 Å². The molecule has 0 saturated heterocycles. The van der Waals surface area contributed by atoms with Gasteiger partial charge in [0.05, 0.1) is 6.61 Å². The fourth-order valence-corrected chi connectivity index (χ4v) is 1.98. The Kier molecular flexibility index (Phi) is 4.73. The van der Waals surface area contributed by atoms with Crippen molar-refractivity contribution in [3.8, 4) is 0 Å². The molecule has 1 aromatic carbocycles. The summed E-state index contributed by atoms with van der Waals surface area (Å²) in [5.74, 6) is 0. The molecule has 0 aliphatic heterocycles. The van der Waals surface area contributed by atoms with Gasteiger partial charge in [0.25, 0.3) is 0 Å². The molecule has 78 valence electrons. The Morgan fingerprint density at radius 3 is 2.21 bits per heavy atom. The van der Waals surface area contributed by atoms with Crippen LogP contribution >= 0.6 is 23.2 Å². The van der Waals surface area contributed by atoms with Crippen LogP contribution in [0.2, 0.25) is 10.0 Å². The lowest BCUT2D eigenvalue weighted by Gasteiger charge is -2.07. The Hall–Kier alpha value is -0.240. The minimum atomic E-state index is -0.105. The third kappa shape index (κ3) is 2.88. The van der Waals surface area contributed by atoms with Crippen molar-refractivity contribution in [3.63, 3.8) is 0 Å². The van der Waals surface area contributed by atoms with E-state index in [-0.39, 0.29) is 6.61 Å². The molecule has 0 fully saturated rings. The van der Waals surface area contributed by atoms with Crippen LogP contribution < -0.4 is 0 Å². The number of hydrogen-bond acceptors (Lipinski definition) is 1. The van der Waals surface area contributed by atoms with E-state index in [2.05, 4.69) is 6.92 Å². The van der Waals surface area contributed by atoms with Crippen LogP contribution in [0.25, 0.3) is 0 Å². The van der Waals surface area contributed by atoms with Gasteiger partial charge < -0.3 is 5.11 Å². The maximum absolute atomic E-state index is 9.00. The summed E-state index contributed by atoms with van der Waals surface area (Å²) in [5, 5.41) is 10.1. The third-order valence-corrected chi connectivity index (χ3v) is 2.85. The van der Waals surface area contributed by atoms with Crippen molar-refractivity contribution in [1.82, 2.24) is 0 Å². The highest BCUT2D eigenvalue weighted by Crippen LogP contribution is 2.27. The van der Waals surface area contributed by atoms with Gasteiger partial charge in [-0.1, -0.05) is 36.5 Å². The van der Waals surface area contributed by atoms with Gasteiger partial charge in [-0.05, 0) is 30.5 Å². The van der Waals surface area contributed by atoms with Crippen LogP contribution in [0.15, 0.2) is 12.1 Å². The van der Waals surface area contributed by atoms with E-state index in [9.17, 15) is 0 Å². The van der Waals surface area contributed by atoms with Gasteiger partial charge in [-0.15, -0.1) is 0 Å². The lowest BCUT2D eigenvalue weighted by molar-refractivity contribution is 0.282. The first-order valence-electron chi connectivity index (χ1n) is 4.76. The van der Waals surface area contributed by atoms with E-state index in [1.165, 1.54) is 0 Å². The topological polar surface area (TPSA) is 20.2 Å². The normalized spacial score (nSPS) is 10.6. The van der Waals surface area contributed by atoms with E-state index in [0.29, 0.717) is 15.6 Å². The lowest BCUT2D eigenvalue weighted by Crippen LogP contribution is -1.91. The average Bonchev–Trinajstić information content (AvgIpc) is 2.14. The molecule has 0 aliphatic rings. The first kappa shape index (κ1) is 11.8. The molecular weight excluding hydrogens is 219 g/mol. The Labute approximate surface area is 94.7 Å². The largest absolute Gasteiger partial charge is 0.392 e. The standard InChI is InChI=1S/C11H14Cl2O/c1-2-3-4-8-5-10(12)9(7-14)11(13)6-8/h5-6,14H,2-4,7H2,1H3. The quantitative estimate of drug-likeness (QED) is 0.837. The van der Waals surface area contributed by atoms with Crippen molar-refractivity contribution < 1.29 is 5.11 Å². The van der Waals surface area contributed by atoms with Gasteiger partial charge in [-0.2, -0.15) is 0 Å². The van der Waals surface area contributed by atoms with Crippen molar-refractivity contribution in [2.24, 2.45) is 0 Å². The molecule has 0 radical (unpaired) electrons. The van der Waals surface area contributed by atoms with Gasteiger partial charge in [0, 0.05) is 15.6 Å². The Balaban J connectivity index is 2.90. The number of halogens is 2. The van der Waals surface area contributed by atoms with Crippen LogP contribution in [0.3, 0.4) is 0 Å². The van der Waals surface area contributed by atoms with Gasteiger partial charge in [0.15, 0.2) is 0 Å². The second-order valence-corrected chi connectivity index (χ2v) is 4.11. The van der Waals surface area contributed by atoms with Crippen molar-refractivity contribution in [1.29, 1.82) is 0 Å². The van der Waals surface area contributed by atoms with Crippen LogP contribution in [0, 0.1) is 0 Å². The van der Waals surface area contributed by atoms with Crippen molar-refractivity contribution >= 4 is 23.2 Å². The zero-order valence-electron chi connectivity index (χ0n) is 8.19. The summed E-state index contributed by atoms with van der Waals surface area (Å²) in [6.45, 7) is 2.04. The molecule has 0 atom stereocenters. The summed E-state index contributed by atoms with van der Waals surface area (Å²) in [5.41, 5.74) is 1.76. The van der Waals surface area contributed by atoms with Crippen LogP contribution in [-0.4, -0.2) is 5.11 Å². The molecule has 1 nitrogen and oxygen atoms in total. The molecule has 1 aromatic rings. The molecule has 1 N–H and O–H groups in total. The first-order chi connectivity index (χ1) is 6.69. The maximum Gasteiger partial charge on any atom is 0.0711 e. The summed E-state index contributed by atoms with van der Waals surface area (Å²) in [6.07, 6.45) is 3.27. The first-order valence-corrected chi connectivity index (χ1v) is 5.52. The van der Waals surface area contributed by atoms with Crippen LogP contribution in [0.1, 0.15) is 30.9 Å². The third-order valence-electron chi connectivity index (χ3n) is 2.18. The van der Waals surface area contributed by atoms with Gasteiger partial charge in [-0.3, -0.25) is 0 Å². The molecule has 1 rings (SSSR count). The summed E-state index contributed by atoms with van der Waals surface area (Å²) in [7, 11) is 0. The zero-order chi connectivity index (χ0) is 10.6. The highest BCUT2D eigenvalue weighted by atomic mass is 35.5. The summed E-state index contributed by atoms with van der Waals surface area (Å²) in [6, 6.07) is 3.77. The highest BCUT2D eigenvalue weighted by Gasteiger charge is 2.06. The van der Waals surface area contributed by atoms with E-state index in [0.717, 1.165) is 24.8 Å².